The molecule has 0 amide bonds. The summed E-state index contributed by atoms with van der Waals surface area (Å²) in [5.41, 5.74) is 0. The molecule has 1 radical (unpaired) electrons. The van der Waals surface area contributed by atoms with Crippen molar-refractivity contribution in [3.63, 3.8) is 0 Å². The zero-order valence-electron chi connectivity index (χ0n) is 4.35. The highest BCUT2D eigenvalue weighted by molar-refractivity contribution is 5.00. The molecule has 2 aliphatic rings. The lowest BCUT2D eigenvalue weighted by Crippen LogP contribution is -2.24. The number of fused-ring (bicyclic) bond motifs is 2. The van der Waals surface area contributed by atoms with E-state index in [1.54, 1.807) is 0 Å². The van der Waals surface area contributed by atoms with E-state index in [0.29, 0.717) is 0 Å². The first-order valence-corrected chi connectivity index (χ1v) is 3.02. The summed E-state index contributed by atoms with van der Waals surface area (Å²) in [6, 6.07) is 0.796. The first-order chi connectivity index (χ1) is 3.45. The van der Waals surface area contributed by atoms with E-state index in [9.17, 15) is 0 Å². The third-order valence-corrected chi connectivity index (χ3v) is 2.01. The molecular formula is C6H10N. The molecule has 7 heavy (non-hydrogen) atoms. The molecule has 1 saturated heterocycles. The molecule has 0 aromatic rings. The van der Waals surface area contributed by atoms with Crippen molar-refractivity contribution in [1.29, 1.82) is 0 Å². The van der Waals surface area contributed by atoms with Crippen molar-refractivity contribution in [2.75, 3.05) is 6.54 Å². The fraction of sp³-hybridized carbons (Fsp3) is 0.833. The summed E-state index contributed by atoms with van der Waals surface area (Å²) in [6.45, 7) is 1.28. The molecule has 2 atom stereocenters. The molecule has 0 aromatic carbocycles. The zero-order chi connectivity index (χ0) is 4.69. The van der Waals surface area contributed by atoms with E-state index in [1.165, 1.54) is 19.4 Å². The van der Waals surface area contributed by atoms with E-state index in [0.717, 1.165) is 12.0 Å². The lowest BCUT2D eigenvalue weighted by molar-refractivity contribution is 0.575. The molecule has 1 aliphatic carbocycles. The number of nitrogens with one attached hydrogen (secondary N) is 1. The van der Waals surface area contributed by atoms with Gasteiger partial charge >= 0.3 is 0 Å². The van der Waals surface area contributed by atoms with Crippen molar-refractivity contribution in [3.05, 3.63) is 6.42 Å². The van der Waals surface area contributed by atoms with Gasteiger partial charge in [-0.1, -0.05) is 0 Å². The minimum absolute atomic E-state index is 0.796. The lowest BCUT2D eigenvalue weighted by Gasteiger charge is -2.07. The van der Waals surface area contributed by atoms with Crippen LogP contribution in [0.5, 0.6) is 0 Å². The molecule has 39 valence electrons. The van der Waals surface area contributed by atoms with Gasteiger partial charge in [0.1, 0.15) is 0 Å². The molecule has 2 fully saturated rings. The predicted octanol–water partition coefficient (Wildman–Crippen LogP) is 0.572. The van der Waals surface area contributed by atoms with Gasteiger partial charge in [0.2, 0.25) is 0 Å². The monoisotopic (exact) mass is 96.1 g/mol. The van der Waals surface area contributed by atoms with Crippen molar-refractivity contribution in [3.8, 4) is 0 Å². The first-order valence-electron chi connectivity index (χ1n) is 3.02. The normalized spacial score (nSPS) is 48.0. The van der Waals surface area contributed by atoms with Crippen molar-refractivity contribution in [2.45, 2.75) is 18.9 Å². The van der Waals surface area contributed by atoms with Crippen molar-refractivity contribution < 1.29 is 0 Å². The second-order valence-corrected chi connectivity index (χ2v) is 2.59. The molecule has 1 N–H and O–H groups in total. The quantitative estimate of drug-likeness (QED) is 0.465. The number of hydrogen-bond acceptors (Lipinski definition) is 1. The number of rotatable bonds is 0. The van der Waals surface area contributed by atoms with Gasteiger partial charge in [0.05, 0.1) is 0 Å². The summed E-state index contributed by atoms with van der Waals surface area (Å²) in [5.74, 6) is 1.00. The van der Waals surface area contributed by atoms with Gasteiger partial charge in [-0.05, 0) is 31.7 Å². The van der Waals surface area contributed by atoms with Crippen LogP contribution in [-0.4, -0.2) is 12.6 Å². The maximum absolute atomic E-state index is 3.40. The van der Waals surface area contributed by atoms with Gasteiger partial charge in [-0.25, -0.2) is 0 Å². The summed E-state index contributed by atoms with van der Waals surface area (Å²) in [6.07, 6.45) is 5.19. The molecule has 0 aromatic heterocycles. The summed E-state index contributed by atoms with van der Waals surface area (Å²) in [5, 5.41) is 3.40. The third-order valence-electron chi connectivity index (χ3n) is 2.01. The Morgan fingerprint density at radius 1 is 1.57 bits per heavy atom. The fourth-order valence-corrected chi connectivity index (χ4v) is 1.56. The van der Waals surface area contributed by atoms with Crippen LogP contribution in [0.2, 0.25) is 0 Å². The summed E-state index contributed by atoms with van der Waals surface area (Å²) in [7, 11) is 0. The summed E-state index contributed by atoms with van der Waals surface area (Å²) in [4.78, 5) is 0. The molecule has 0 spiro atoms. The molecule has 2 unspecified atom stereocenters. The van der Waals surface area contributed by atoms with Crippen molar-refractivity contribution in [1.82, 2.24) is 5.32 Å². The number of hydrogen-bond donors (Lipinski definition) is 1. The third kappa shape index (κ3) is 0.480. The smallest absolute Gasteiger partial charge is 0.0102 e. The van der Waals surface area contributed by atoms with E-state index in [4.69, 9.17) is 0 Å². The number of piperidine rings is 1. The SMILES string of the molecule is [CH]1CC2CNC1C2. The topological polar surface area (TPSA) is 12.0 Å². The fourth-order valence-electron chi connectivity index (χ4n) is 1.56. The maximum Gasteiger partial charge on any atom is 0.0102 e. The Labute approximate surface area is 44.1 Å². The maximum atomic E-state index is 3.40. The van der Waals surface area contributed by atoms with Crippen LogP contribution in [0.25, 0.3) is 0 Å². The Morgan fingerprint density at radius 2 is 2.57 bits per heavy atom. The Hall–Kier alpha value is -0.0400. The van der Waals surface area contributed by atoms with E-state index in [-0.39, 0.29) is 0 Å². The van der Waals surface area contributed by atoms with E-state index in [2.05, 4.69) is 11.7 Å². The zero-order valence-corrected chi connectivity index (χ0v) is 4.35. The first kappa shape index (κ1) is 3.90. The van der Waals surface area contributed by atoms with E-state index < -0.39 is 0 Å². The summed E-state index contributed by atoms with van der Waals surface area (Å²) >= 11 is 0. The van der Waals surface area contributed by atoms with Crippen LogP contribution in [0, 0.1) is 12.3 Å². The highest BCUT2D eigenvalue weighted by Crippen LogP contribution is 2.29. The minimum Gasteiger partial charge on any atom is -0.313 e. The standard InChI is InChI=1S/C6H10N/c1-2-6-3-5(1)4-7-6/h2,5-7H,1,3-4H2. The highest BCUT2D eigenvalue weighted by Gasteiger charge is 2.30. The Balaban J connectivity index is 2.12. The van der Waals surface area contributed by atoms with Gasteiger partial charge in [0.25, 0.3) is 0 Å². The van der Waals surface area contributed by atoms with Gasteiger partial charge < -0.3 is 5.32 Å². The minimum atomic E-state index is 0.796. The Kier molecular flexibility index (Phi) is 0.680. The molecule has 2 rings (SSSR count). The second-order valence-electron chi connectivity index (χ2n) is 2.59. The van der Waals surface area contributed by atoms with Gasteiger partial charge in [-0.3, -0.25) is 0 Å². The van der Waals surface area contributed by atoms with Crippen LogP contribution >= 0.6 is 0 Å². The van der Waals surface area contributed by atoms with Gasteiger partial charge in [0, 0.05) is 6.04 Å². The van der Waals surface area contributed by atoms with Crippen molar-refractivity contribution in [2.24, 2.45) is 5.92 Å². The molecule has 1 heterocycles. The highest BCUT2D eigenvalue weighted by atomic mass is 15.0. The average Bonchev–Trinajstić information content (AvgIpc) is 2.22. The predicted molar refractivity (Wildman–Crippen MR) is 28.8 cm³/mol. The van der Waals surface area contributed by atoms with Crippen LogP contribution in [-0.2, 0) is 0 Å². The molecular weight excluding hydrogens is 86.1 g/mol. The van der Waals surface area contributed by atoms with Crippen LogP contribution in [0.4, 0.5) is 0 Å². The molecule has 1 saturated carbocycles. The van der Waals surface area contributed by atoms with Gasteiger partial charge in [0.15, 0.2) is 0 Å². The Morgan fingerprint density at radius 3 is 2.71 bits per heavy atom. The van der Waals surface area contributed by atoms with Crippen molar-refractivity contribution >= 4 is 0 Å². The largest absolute Gasteiger partial charge is 0.313 e. The van der Waals surface area contributed by atoms with Crippen LogP contribution < -0.4 is 5.32 Å². The Bertz CT molecular complexity index is 62.2. The molecule has 1 heteroatoms. The van der Waals surface area contributed by atoms with Crippen LogP contribution in [0.15, 0.2) is 0 Å². The molecule has 1 aliphatic heterocycles. The lowest BCUT2D eigenvalue weighted by atomic mass is 10.1. The molecule has 1 nitrogen and oxygen atoms in total. The average molecular weight is 96.2 g/mol. The van der Waals surface area contributed by atoms with Gasteiger partial charge in [-0.15, -0.1) is 0 Å². The van der Waals surface area contributed by atoms with E-state index in [1.807, 2.05) is 0 Å². The van der Waals surface area contributed by atoms with Crippen LogP contribution in [0.1, 0.15) is 12.8 Å². The van der Waals surface area contributed by atoms with Gasteiger partial charge in [-0.2, -0.15) is 0 Å². The van der Waals surface area contributed by atoms with Crippen LogP contribution in [0.3, 0.4) is 0 Å². The van der Waals surface area contributed by atoms with E-state index >= 15 is 0 Å². The summed E-state index contributed by atoms with van der Waals surface area (Å²) < 4.78 is 0. The second kappa shape index (κ2) is 1.22. The molecule has 2 bridgehead atoms.